The van der Waals surface area contributed by atoms with Crippen LogP contribution in [0.2, 0.25) is 0 Å². The van der Waals surface area contributed by atoms with Gasteiger partial charge in [-0.15, -0.1) is 0 Å². The summed E-state index contributed by atoms with van der Waals surface area (Å²) in [6.45, 7) is 2.96. The van der Waals surface area contributed by atoms with Gasteiger partial charge in [0.1, 0.15) is 0 Å². The second-order valence-corrected chi connectivity index (χ2v) is 7.20. The van der Waals surface area contributed by atoms with Crippen LogP contribution in [-0.2, 0) is 19.8 Å². The molecule has 0 radical (unpaired) electrons. The number of benzene rings is 1. The zero-order valence-electron chi connectivity index (χ0n) is 17.7. The van der Waals surface area contributed by atoms with Crippen LogP contribution in [0.5, 0.6) is 11.5 Å². The molecule has 3 aromatic rings. The molecule has 0 saturated carbocycles. The fourth-order valence-corrected chi connectivity index (χ4v) is 3.55. The van der Waals surface area contributed by atoms with Crippen molar-refractivity contribution in [2.24, 2.45) is 0 Å². The van der Waals surface area contributed by atoms with Gasteiger partial charge in [0, 0.05) is 31.0 Å². The smallest absolute Gasteiger partial charge is 0.387 e. The monoisotopic (exact) mass is 449 g/mol. The standard InChI is InChI=1S/C21H25F2N5O2S/c1-4-27-19(16-8-10-24-11-9-16)25-28(21(27)31)14-26(3)13-15-6-7-17(30-20(22)23)18(12-15)29-5-2/h6-12,20H,4-5,13-14H2,1-3H3. The van der Waals surface area contributed by atoms with Crippen molar-refractivity contribution in [3.8, 4) is 22.9 Å². The molecule has 0 fully saturated rings. The van der Waals surface area contributed by atoms with Gasteiger partial charge < -0.3 is 14.0 Å². The third kappa shape index (κ3) is 5.65. The molecule has 3 rings (SSSR count). The molecule has 0 saturated heterocycles. The number of hydrogen-bond donors (Lipinski definition) is 0. The summed E-state index contributed by atoms with van der Waals surface area (Å²) in [4.78, 5) is 6.08. The largest absolute Gasteiger partial charge is 0.490 e. The lowest BCUT2D eigenvalue weighted by Crippen LogP contribution is -2.22. The predicted molar refractivity (Wildman–Crippen MR) is 116 cm³/mol. The van der Waals surface area contributed by atoms with E-state index in [1.807, 2.05) is 35.6 Å². The lowest BCUT2D eigenvalue weighted by Gasteiger charge is -2.18. The van der Waals surface area contributed by atoms with Crippen molar-refractivity contribution < 1.29 is 18.3 Å². The highest BCUT2D eigenvalue weighted by Gasteiger charge is 2.15. The lowest BCUT2D eigenvalue weighted by molar-refractivity contribution is -0.0514. The molecule has 0 aliphatic rings. The second kappa shape index (κ2) is 10.5. The molecule has 1 aromatic carbocycles. The van der Waals surface area contributed by atoms with Crippen molar-refractivity contribution in [3.63, 3.8) is 0 Å². The molecule has 0 aliphatic heterocycles. The van der Waals surface area contributed by atoms with E-state index in [9.17, 15) is 8.78 Å². The third-order valence-corrected chi connectivity index (χ3v) is 4.96. The molecule has 7 nitrogen and oxygen atoms in total. The zero-order valence-corrected chi connectivity index (χ0v) is 18.5. The molecule has 0 unspecified atom stereocenters. The molecule has 0 aliphatic carbocycles. The zero-order chi connectivity index (χ0) is 22.4. The van der Waals surface area contributed by atoms with Gasteiger partial charge in [0.05, 0.1) is 13.3 Å². The van der Waals surface area contributed by atoms with E-state index in [0.29, 0.717) is 36.9 Å². The van der Waals surface area contributed by atoms with Gasteiger partial charge in [-0.3, -0.25) is 9.88 Å². The second-order valence-electron chi connectivity index (χ2n) is 6.83. The normalized spacial score (nSPS) is 11.3. The van der Waals surface area contributed by atoms with Crippen LogP contribution in [0.1, 0.15) is 19.4 Å². The maximum atomic E-state index is 12.6. The summed E-state index contributed by atoms with van der Waals surface area (Å²) in [5.74, 6) is 1.10. The van der Waals surface area contributed by atoms with Gasteiger partial charge in [0.2, 0.25) is 0 Å². The number of nitrogens with zero attached hydrogens (tertiary/aromatic N) is 5. The Balaban J connectivity index is 1.78. The molecule has 166 valence electrons. The summed E-state index contributed by atoms with van der Waals surface area (Å²) in [5.41, 5.74) is 1.84. The highest BCUT2D eigenvalue weighted by molar-refractivity contribution is 7.71. The van der Waals surface area contributed by atoms with Crippen LogP contribution in [-0.4, -0.2) is 44.5 Å². The Kier molecular flexibility index (Phi) is 7.69. The molecule has 0 bridgehead atoms. The summed E-state index contributed by atoms with van der Waals surface area (Å²) >= 11 is 5.62. The predicted octanol–water partition coefficient (Wildman–Crippen LogP) is 4.59. The molecule has 0 N–H and O–H groups in total. The average Bonchev–Trinajstić information content (AvgIpc) is 3.05. The maximum absolute atomic E-state index is 12.6. The SMILES string of the molecule is CCOc1cc(CN(C)Cn2nc(-c3ccncc3)n(CC)c2=S)ccc1OC(F)F. The number of ether oxygens (including phenoxy) is 2. The summed E-state index contributed by atoms with van der Waals surface area (Å²) < 4.78 is 39.6. The molecule has 0 amide bonds. The van der Waals surface area contributed by atoms with Crippen LogP contribution in [0, 0.1) is 4.77 Å². The van der Waals surface area contributed by atoms with Crippen molar-refractivity contribution in [2.75, 3.05) is 13.7 Å². The van der Waals surface area contributed by atoms with E-state index in [-0.39, 0.29) is 5.75 Å². The van der Waals surface area contributed by atoms with Gasteiger partial charge in [0.25, 0.3) is 0 Å². The highest BCUT2D eigenvalue weighted by atomic mass is 32.1. The Labute approximate surface area is 184 Å². The van der Waals surface area contributed by atoms with Gasteiger partial charge >= 0.3 is 6.61 Å². The number of alkyl halides is 2. The number of aromatic nitrogens is 4. The fourth-order valence-electron chi connectivity index (χ4n) is 3.24. The number of rotatable bonds is 10. The van der Waals surface area contributed by atoms with E-state index in [0.717, 1.165) is 17.0 Å². The van der Waals surface area contributed by atoms with Crippen molar-refractivity contribution >= 4 is 12.2 Å². The van der Waals surface area contributed by atoms with Crippen LogP contribution >= 0.6 is 12.2 Å². The van der Waals surface area contributed by atoms with E-state index in [2.05, 4.69) is 9.72 Å². The first-order chi connectivity index (χ1) is 14.9. The molecule has 0 spiro atoms. The topological polar surface area (TPSA) is 57.3 Å². The first-order valence-electron chi connectivity index (χ1n) is 9.90. The van der Waals surface area contributed by atoms with Crippen LogP contribution < -0.4 is 9.47 Å². The molecule has 31 heavy (non-hydrogen) atoms. The Bertz CT molecular complexity index is 1060. The summed E-state index contributed by atoms with van der Waals surface area (Å²) in [5, 5.41) is 4.70. The quantitative estimate of drug-likeness (QED) is 0.422. The Morgan fingerprint density at radius 2 is 1.87 bits per heavy atom. The van der Waals surface area contributed by atoms with E-state index < -0.39 is 6.61 Å². The molecular formula is C21H25F2N5O2S. The van der Waals surface area contributed by atoms with E-state index in [4.69, 9.17) is 22.1 Å². The average molecular weight is 450 g/mol. The molecule has 10 heteroatoms. The number of pyridine rings is 1. The molecule has 0 atom stereocenters. The Morgan fingerprint density at radius 3 is 2.52 bits per heavy atom. The van der Waals surface area contributed by atoms with Crippen molar-refractivity contribution in [1.82, 2.24) is 24.2 Å². The van der Waals surface area contributed by atoms with E-state index in [1.54, 1.807) is 36.1 Å². The molecule has 2 aromatic heterocycles. The Hall–Kier alpha value is -2.85. The van der Waals surface area contributed by atoms with Gasteiger partial charge in [-0.1, -0.05) is 6.07 Å². The minimum absolute atomic E-state index is 0.0224. The van der Waals surface area contributed by atoms with Crippen LogP contribution in [0.25, 0.3) is 11.4 Å². The Morgan fingerprint density at radius 1 is 1.13 bits per heavy atom. The summed E-state index contributed by atoms with van der Waals surface area (Å²) in [7, 11) is 1.93. The third-order valence-electron chi connectivity index (χ3n) is 4.53. The molecular weight excluding hydrogens is 424 g/mol. The van der Waals surface area contributed by atoms with Crippen LogP contribution in [0.15, 0.2) is 42.7 Å². The minimum Gasteiger partial charge on any atom is -0.490 e. The number of halogens is 2. The van der Waals surface area contributed by atoms with Crippen molar-refractivity contribution in [2.45, 2.75) is 40.2 Å². The van der Waals surface area contributed by atoms with Gasteiger partial charge in [-0.2, -0.15) is 13.9 Å². The molecule has 2 heterocycles. The number of hydrogen-bond acceptors (Lipinski definition) is 6. The van der Waals surface area contributed by atoms with Gasteiger partial charge in [-0.25, -0.2) is 4.68 Å². The lowest BCUT2D eigenvalue weighted by atomic mass is 10.2. The van der Waals surface area contributed by atoms with Crippen molar-refractivity contribution in [1.29, 1.82) is 0 Å². The minimum atomic E-state index is -2.90. The fraction of sp³-hybridized carbons (Fsp3) is 0.381. The highest BCUT2D eigenvalue weighted by Crippen LogP contribution is 2.30. The first kappa shape index (κ1) is 22.8. The van der Waals surface area contributed by atoms with E-state index >= 15 is 0 Å². The van der Waals surface area contributed by atoms with E-state index in [1.165, 1.54) is 6.07 Å². The van der Waals surface area contributed by atoms with Gasteiger partial charge in [0.15, 0.2) is 22.1 Å². The van der Waals surface area contributed by atoms with Gasteiger partial charge in [-0.05, 0) is 62.9 Å². The van der Waals surface area contributed by atoms with Crippen LogP contribution in [0.3, 0.4) is 0 Å². The van der Waals surface area contributed by atoms with Crippen molar-refractivity contribution in [3.05, 3.63) is 53.1 Å². The maximum Gasteiger partial charge on any atom is 0.387 e. The van der Waals surface area contributed by atoms with Crippen LogP contribution in [0.4, 0.5) is 8.78 Å². The summed E-state index contributed by atoms with van der Waals surface area (Å²) in [6.07, 6.45) is 3.45. The summed E-state index contributed by atoms with van der Waals surface area (Å²) in [6, 6.07) is 8.75. The first-order valence-corrected chi connectivity index (χ1v) is 10.3.